The molecule has 3 aromatic rings. The van der Waals surface area contributed by atoms with E-state index in [4.69, 9.17) is 23.7 Å². The lowest BCUT2D eigenvalue weighted by Gasteiger charge is -2.51. The molecular weight excluding hydrogens is 572 g/mol. The summed E-state index contributed by atoms with van der Waals surface area (Å²) in [5.74, 6) is -0.466. The van der Waals surface area contributed by atoms with Gasteiger partial charge >= 0.3 is 12.1 Å². The molecule has 0 radical (unpaired) electrons. The second-order valence-corrected chi connectivity index (χ2v) is 10.3. The third-order valence-corrected chi connectivity index (χ3v) is 7.35. The average molecular weight is 607 g/mol. The van der Waals surface area contributed by atoms with Crippen LogP contribution in [0.5, 0.6) is 11.5 Å². The molecule has 1 saturated heterocycles. The topological polar surface area (TPSA) is 144 Å². The van der Waals surface area contributed by atoms with Crippen molar-refractivity contribution in [1.82, 2.24) is 4.90 Å². The van der Waals surface area contributed by atoms with Crippen molar-refractivity contribution in [3.63, 3.8) is 0 Å². The number of esters is 1. The van der Waals surface area contributed by atoms with Gasteiger partial charge in [-0.05, 0) is 72.9 Å². The Bertz CT molecular complexity index is 1410. The highest BCUT2D eigenvalue weighted by atomic mass is 16.7. The van der Waals surface area contributed by atoms with Crippen LogP contribution in [0.15, 0.2) is 72.8 Å². The van der Waals surface area contributed by atoms with Gasteiger partial charge in [0, 0.05) is 25.1 Å². The summed E-state index contributed by atoms with van der Waals surface area (Å²) in [6.45, 7) is 2.60. The molecule has 1 aliphatic heterocycles. The maximum absolute atomic E-state index is 13.7. The number of amides is 1. The largest absolute Gasteiger partial charge is 0.508 e. The molecule has 0 saturated carbocycles. The molecule has 1 heterocycles. The van der Waals surface area contributed by atoms with Gasteiger partial charge < -0.3 is 28.6 Å². The summed E-state index contributed by atoms with van der Waals surface area (Å²) < 4.78 is 26.7. The number of ether oxygens (including phenoxy) is 5. The number of benzene rings is 3. The Kier molecular flexibility index (Phi) is 10.4. The third kappa shape index (κ3) is 7.82. The Morgan fingerprint density at radius 2 is 1.36 bits per heavy atom. The SMILES string of the molecule is COc1ccc(CC(Cc2ccc(OC)cc2)N2C(=O)[C@H]([C@@H](C)OC(=O)OCc3ccc([N+](=O)[O-])cc3)[C@H]2OC(C)=O)cc1. The van der Waals surface area contributed by atoms with Crippen molar-refractivity contribution < 1.29 is 43.0 Å². The second kappa shape index (κ2) is 14.4. The number of hydrogen-bond donors (Lipinski definition) is 0. The van der Waals surface area contributed by atoms with Crippen molar-refractivity contribution in [2.45, 2.75) is 51.7 Å². The number of nitrogens with zero attached hydrogens (tertiary/aromatic N) is 2. The van der Waals surface area contributed by atoms with E-state index in [1.807, 2.05) is 48.5 Å². The molecule has 232 valence electrons. The number of nitro benzene ring substituents is 1. The number of nitro groups is 1. The number of rotatable bonds is 13. The molecule has 0 bridgehead atoms. The zero-order valence-corrected chi connectivity index (χ0v) is 24.8. The molecule has 4 rings (SSSR count). The van der Waals surface area contributed by atoms with E-state index in [2.05, 4.69) is 0 Å². The smallest absolute Gasteiger partial charge is 0.497 e. The first-order chi connectivity index (χ1) is 21.1. The Balaban J connectivity index is 1.48. The molecule has 1 fully saturated rings. The lowest BCUT2D eigenvalue weighted by molar-refractivity contribution is -0.384. The molecule has 0 aliphatic carbocycles. The first-order valence-electron chi connectivity index (χ1n) is 13.9. The van der Waals surface area contributed by atoms with Crippen molar-refractivity contribution in [3.05, 3.63) is 99.6 Å². The van der Waals surface area contributed by atoms with Gasteiger partial charge in [0.1, 0.15) is 30.1 Å². The normalized spacial score (nSPS) is 16.5. The summed E-state index contributed by atoms with van der Waals surface area (Å²) in [6, 6.07) is 20.1. The third-order valence-electron chi connectivity index (χ3n) is 7.35. The number of carbonyl (C=O) groups is 3. The number of non-ortho nitro benzene ring substituents is 1. The zero-order chi connectivity index (χ0) is 31.8. The first kappa shape index (κ1) is 31.8. The Morgan fingerprint density at radius 1 is 0.864 bits per heavy atom. The maximum Gasteiger partial charge on any atom is 0.508 e. The maximum atomic E-state index is 13.7. The lowest BCUT2D eigenvalue weighted by Crippen LogP contribution is -2.69. The van der Waals surface area contributed by atoms with E-state index in [9.17, 15) is 24.5 Å². The van der Waals surface area contributed by atoms with Crippen LogP contribution in [0.2, 0.25) is 0 Å². The molecule has 1 amide bonds. The predicted molar refractivity (Wildman–Crippen MR) is 157 cm³/mol. The van der Waals surface area contributed by atoms with E-state index in [1.54, 1.807) is 14.2 Å². The highest BCUT2D eigenvalue weighted by molar-refractivity contribution is 5.87. The molecule has 1 aliphatic rings. The highest BCUT2D eigenvalue weighted by Crippen LogP contribution is 2.36. The molecule has 0 spiro atoms. The van der Waals surface area contributed by atoms with Gasteiger partial charge in [-0.1, -0.05) is 24.3 Å². The molecule has 3 atom stereocenters. The number of carbonyl (C=O) groups excluding carboxylic acids is 3. The first-order valence-corrected chi connectivity index (χ1v) is 13.9. The minimum absolute atomic E-state index is 0.0909. The summed E-state index contributed by atoms with van der Waals surface area (Å²) in [5.41, 5.74) is 2.32. The van der Waals surface area contributed by atoms with E-state index in [0.29, 0.717) is 29.9 Å². The number of β-lactam (4-membered cyclic amide) rings is 1. The van der Waals surface area contributed by atoms with Gasteiger partial charge in [-0.2, -0.15) is 0 Å². The van der Waals surface area contributed by atoms with Crippen molar-refractivity contribution in [2.24, 2.45) is 5.92 Å². The summed E-state index contributed by atoms with van der Waals surface area (Å²) in [5, 5.41) is 10.8. The minimum atomic E-state index is -1.03. The summed E-state index contributed by atoms with van der Waals surface area (Å²) in [4.78, 5) is 50.1. The highest BCUT2D eigenvalue weighted by Gasteiger charge is 2.56. The van der Waals surface area contributed by atoms with Crippen LogP contribution in [0, 0.1) is 16.0 Å². The van der Waals surface area contributed by atoms with Gasteiger partial charge in [0.2, 0.25) is 5.91 Å². The zero-order valence-electron chi connectivity index (χ0n) is 24.8. The minimum Gasteiger partial charge on any atom is -0.497 e. The number of likely N-dealkylation sites (tertiary alicyclic amines) is 1. The average Bonchev–Trinajstić information content (AvgIpc) is 3.00. The van der Waals surface area contributed by atoms with Crippen LogP contribution in [0.4, 0.5) is 10.5 Å². The number of hydrogen-bond acceptors (Lipinski definition) is 10. The van der Waals surface area contributed by atoms with Gasteiger partial charge in [0.05, 0.1) is 19.1 Å². The molecule has 0 unspecified atom stereocenters. The fourth-order valence-corrected chi connectivity index (χ4v) is 5.08. The van der Waals surface area contributed by atoms with Crippen LogP contribution >= 0.6 is 0 Å². The van der Waals surface area contributed by atoms with Crippen molar-refractivity contribution >= 4 is 23.7 Å². The van der Waals surface area contributed by atoms with Gasteiger partial charge in [-0.15, -0.1) is 0 Å². The van der Waals surface area contributed by atoms with Crippen molar-refractivity contribution in [1.29, 1.82) is 0 Å². The van der Waals surface area contributed by atoms with Gasteiger partial charge in [0.25, 0.3) is 5.69 Å². The standard InChI is InChI=1S/C32H34N2O10/c1-20(43-32(37)42-19-24-5-11-25(12-6-24)34(38)39)29-30(36)33(31(29)44-21(2)35)26(17-22-7-13-27(40-3)14-8-22)18-23-9-15-28(41-4)16-10-23/h5-16,20,26,29,31H,17-19H2,1-4H3/t20-,29+,31-/m1/s1. The summed E-state index contributed by atoms with van der Waals surface area (Å²) in [6.07, 6.45) is -2.07. The van der Waals surface area contributed by atoms with Crippen LogP contribution in [-0.4, -0.2) is 60.4 Å². The fraction of sp³-hybridized carbons (Fsp3) is 0.344. The van der Waals surface area contributed by atoms with Gasteiger partial charge in [0.15, 0.2) is 6.23 Å². The molecule has 0 N–H and O–H groups in total. The van der Waals surface area contributed by atoms with E-state index in [-0.39, 0.29) is 18.2 Å². The van der Waals surface area contributed by atoms with Crippen LogP contribution in [0.25, 0.3) is 0 Å². The Morgan fingerprint density at radius 3 is 1.82 bits per heavy atom. The van der Waals surface area contributed by atoms with Crippen LogP contribution in [-0.2, 0) is 43.2 Å². The lowest BCUT2D eigenvalue weighted by atomic mass is 9.85. The van der Waals surface area contributed by atoms with Crippen LogP contribution in [0.3, 0.4) is 0 Å². The Hall–Kier alpha value is -5.13. The fourth-order valence-electron chi connectivity index (χ4n) is 5.08. The van der Waals surface area contributed by atoms with Crippen LogP contribution in [0.1, 0.15) is 30.5 Å². The van der Waals surface area contributed by atoms with E-state index in [1.165, 1.54) is 43.0 Å². The van der Waals surface area contributed by atoms with Gasteiger partial charge in [-0.25, -0.2) is 4.79 Å². The van der Waals surface area contributed by atoms with E-state index >= 15 is 0 Å². The molecular formula is C32H34N2O10. The van der Waals surface area contributed by atoms with E-state index < -0.39 is 41.3 Å². The summed E-state index contributed by atoms with van der Waals surface area (Å²) in [7, 11) is 3.16. The quantitative estimate of drug-likeness (QED) is 0.115. The van der Waals surface area contributed by atoms with Gasteiger partial charge in [-0.3, -0.25) is 19.7 Å². The molecule has 44 heavy (non-hydrogen) atoms. The monoisotopic (exact) mass is 606 g/mol. The van der Waals surface area contributed by atoms with Crippen molar-refractivity contribution in [2.75, 3.05) is 14.2 Å². The Labute approximate surface area is 254 Å². The van der Waals surface area contributed by atoms with Crippen LogP contribution < -0.4 is 9.47 Å². The second-order valence-electron chi connectivity index (χ2n) is 10.3. The van der Waals surface area contributed by atoms with Crippen molar-refractivity contribution in [3.8, 4) is 11.5 Å². The molecule has 12 heteroatoms. The number of methoxy groups -OCH3 is 2. The summed E-state index contributed by atoms with van der Waals surface area (Å²) >= 11 is 0. The predicted octanol–water partition coefficient (Wildman–Crippen LogP) is 4.86. The van der Waals surface area contributed by atoms with E-state index in [0.717, 1.165) is 11.1 Å². The molecule has 3 aromatic carbocycles. The molecule has 12 nitrogen and oxygen atoms in total. The molecule has 0 aromatic heterocycles.